The van der Waals surface area contributed by atoms with Crippen LogP contribution in [0.15, 0.2) is 21.5 Å². The molecule has 1 aliphatic rings. The Labute approximate surface area is 67.4 Å². The topological polar surface area (TPSA) is 39.5 Å². The maximum Gasteiger partial charge on any atom is 0.195 e. The van der Waals surface area contributed by atoms with Gasteiger partial charge in [-0.25, -0.2) is 4.99 Å². The zero-order chi connectivity index (χ0) is 7.56. The molecular formula is C6H6BrN3. The first-order chi connectivity index (χ1) is 4.74. The van der Waals surface area contributed by atoms with Gasteiger partial charge in [0.05, 0.1) is 4.48 Å². The molecule has 0 aromatic rings. The lowest BCUT2D eigenvalue weighted by atomic mass is 10.5. The number of nitrogens with one attached hydrogen (secondary N) is 1. The summed E-state index contributed by atoms with van der Waals surface area (Å²) in [5.74, 6) is 2.72. The highest BCUT2D eigenvalue weighted by Crippen LogP contribution is 2.12. The Morgan fingerprint density at radius 3 is 3.00 bits per heavy atom. The first kappa shape index (κ1) is 7.25. The molecule has 52 valence electrons. The highest BCUT2D eigenvalue weighted by Gasteiger charge is 2.04. The van der Waals surface area contributed by atoms with E-state index in [1.165, 1.54) is 0 Å². The van der Waals surface area contributed by atoms with Crippen LogP contribution in [0.25, 0.3) is 0 Å². The molecule has 0 amide bonds. The highest BCUT2D eigenvalue weighted by molar-refractivity contribution is 9.12. The Hall–Kier alpha value is -0.860. The molecule has 0 aromatic carbocycles. The van der Waals surface area contributed by atoms with E-state index >= 15 is 0 Å². The predicted octanol–water partition coefficient (Wildman–Crippen LogP) is 1.33. The first-order valence-electron chi connectivity index (χ1n) is 2.68. The number of aliphatic imine (C=N–C) groups is 1. The summed E-state index contributed by atoms with van der Waals surface area (Å²) >= 11 is 3.25. The van der Waals surface area contributed by atoms with Gasteiger partial charge in [0.1, 0.15) is 0 Å². The lowest BCUT2D eigenvalue weighted by Gasteiger charge is -2.14. The van der Waals surface area contributed by atoms with Gasteiger partial charge in [-0.1, -0.05) is 0 Å². The number of allylic oxidation sites excluding steroid dienone is 1. The molecule has 0 unspecified atom stereocenters. The SMILES string of the molecule is CN1C=C(Br)C=NC1=C=N. The van der Waals surface area contributed by atoms with Gasteiger partial charge in [0.2, 0.25) is 0 Å². The zero-order valence-electron chi connectivity index (χ0n) is 5.43. The van der Waals surface area contributed by atoms with E-state index in [2.05, 4.69) is 26.8 Å². The third-order valence-corrected chi connectivity index (χ3v) is 1.48. The molecule has 1 N–H and O–H groups in total. The van der Waals surface area contributed by atoms with Crippen molar-refractivity contribution < 1.29 is 0 Å². The Kier molecular flexibility index (Phi) is 2.04. The Morgan fingerprint density at radius 1 is 1.80 bits per heavy atom. The number of hydrogen-bond donors (Lipinski definition) is 1. The summed E-state index contributed by atoms with van der Waals surface area (Å²) in [5.41, 5.74) is 0. The van der Waals surface area contributed by atoms with Crippen molar-refractivity contribution in [1.29, 1.82) is 5.41 Å². The van der Waals surface area contributed by atoms with Gasteiger partial charge in [-0.15, -0.1) is 0 Å². The summed E-state index contributed by atoms with van der Waals surface area (Å²) in [6.07, 6.45) is 3.46. The summed E-state index contributed by atoms with van der Waals surface area (Å²) in [4.78, 5) is 5.63. The normalized spacial score (nSPS) is 16.8. The number of halogens is 1. The standard InChI is InChI=1S/C6H6BrN3/c1-10-4-5(7)3-9-6(10)2-8/h3-4,8H,1H3. The number of nitrogens with zero attached hydrogens (tertiary/aromatic N) is 2. The average Bonchev–Trinajstić information content (AvgIpc) is 1.88. The molecular weight excluding hydrogens is 194 g/mol. The number of hydrogen-bond acceptors (Lipinski definition) is 3. The van der Waals surface area contributed by atoms with Gasteiger partial charge in [-0.3, -0.25) is 5.41 Å². The average molecular weight is 200 g/mol. The van der Waals surface area contributed by atoms with Crippen molar-refractivity contribution in [3.05, 3.63) is 16.5 Å². The largest absolute Gasteiger partial charge is 0.327 e. The van der Waals surface area contributed by atoms with Gasteiger partial charge in [0.15, 0.2) is 5.82 Å². The smallest absolute Gasteiger partial charge is 0.195 e. The molecule has 1 aliphatic heterocycles. The van der Waals surface area contributed by atoms with E-state index in [9.17, 15) is 0 Å². The van der Waals surface area contributed by atoms with Gasteiger partial charge in [0.25, 0.3) is 0 Å². The monoisotopic (exact) mass is 199 g/mol. The van der Waals surface area contributed by atoms with Crippen LogP contribution in [0.2, 0.25) is 0 Å². The fraction of sp³-hybridized carbons (Fsp3) is 0.167. The zero-order valence-corrected chi connectivity index (χ0v) is 7.01. The minimum absolute atomic E-state index is 0.517. The van der Waals surface area contributed by atoms with Crippen LogP contribution >= 0.6 is 15.9 Å². The van der Waals surface area contributed by atoms with E-state index in [0.717, 1.165) is 4.48 Å². The van der Waals surface area contributed by atoms with E-state index in [-0.39, 0.29) is 0 Å². The quantitative estimate of drug-likeness (QED) is 0.588. The second kappa shape index (κ2) is 2.82. The van der Waals surface area contributed by atoms with Gasteiger partial charge in [-0.2, -0.15) is 0 Å². The van der Waals surface area contributed by atoms with Crippen molar-refractivity contribution in [3.8, 4) is 0 Å². The lowest BCUT2D eigenvalue weighted by Crippen LogP contribution is -2.13. The van der Waals surface area contributed by atoms with Crippen LogP contribution in [-0.4, -0.2) is 24.0 Å². The van der Waals surface area contributed by atoms with Crippen LogP contribution in [0.1, 0.15) is 0 Å². The van der Waals surface area contributed by atoms with Crippen LogP contribution in [0.4, 0.5) is 0 Å². The molecule has 3 nitrogen and oxygen atoms in total. The molecule has 4 heteroatoms. The van der Waals surface area contributed by atoms with Gasteiger partial charge >= 0.3 is 0 Å². The lowest BCUT2D eigenvalue weighted by molar-refractivity contribution is 0.567. The van der Waals surface area contributed by atoms with Crippen LogP contribution < -0.4 is 0 Å². The maximum absolute atomic E-state index is 6.81. The predicted molar refractivity (Wildman–Crippen MR) is 44.5 cm³/mol. The first-order valence-corrected chi connectivity index (χ1v) is 3.47. The molecule has 0 saturated heterocycles. The van der Waals surface area contributed by atoms with E-state index in [1.54, 1.807) is 11.1 Å². The Balaban J connectivity index is 2.95. The molecule has 0 bridgehead atoms. The highest BCUT2D eigenvalue weighted by atomic mass is 79.9. The Bertz CT molecular complexity index is 248. The van der Waals surface area contributed by atoms with Crippen molar-refractivity contribution in [3.63, 3.8) is 0 Å². The van der Waals surface area contributed by atoms with Crippen LogP contribution in [0.5, 0.6) is 0 Å². The van der Waals surface area contributed by atoms with E-state index in [1.807, 2.05) is 13.2 Å². The molecule has 0 radical (unpaired) electrons. The summed E-state index contributed by atoms with van der Waals surface area (Å²) < 4.78 is 0.897. The van der Waals surface area contributed by atoms with Gasteiger partial charge in [0, 0.05) is 25.3 Å². The minimum Gasteiger partial charge on any atom is -0.327 e. The van der Waals surface area contributed by atoms with Gasteiger partial charge in [-0.05, 0) is 15.9 Å². The third kappa shape index (κ3) is 1.35. The molecule has 0 saturated carbocycles. The molecule has 0 fully saturated rings. The van der Waals surface area contributed by atoms with Crippen LogP contribution in [0, 0.1) is 5.41 Å². The maximum atomic E-state index is 6.81. The second-order valence-electron chi connectivity index (χ2n) is 1.83. The van der Waals surface area contributed by atoms with E-state index in [0.29, 0.717) is 5.82 Å². The van der Waals surface area contributed by atoms with E-state index in [4.69, 9.17) is 5.41 Å². The van der Waals surface area contributed by atoms with Crippen molar-refractivity contribution in [2.45, 2.75) is 0 Å². The molecule has 0 atom stereocenters. The van der Waals surface area contributed by atoms with Crippen LogP contribution in [-0.2, 0) is 0 Å². The molecule has 1 heterocycles. The van der Waals surface area contributed by atoms with Crippen molar-refractivity contribution in [2.75, 3.05) is 7.05 Å². The van der Waals surface area contributed by atoms with Crippen molar-refractivity contribution >= 4 is 28.0 Å². The van der Waals surface area contributed by atoms with E-state index < -0.39 is 0 Å². The molecule has 0 aromatic heterocycles. The fourth-order valence-electron chi connectivity index (χ4n) is 0.614. The molecule has 0 spiro atoms. The molecule has 1 rings (SSSR count). The van der Waals surface area contributed by atoms with Crippen molar-refractivity contribution in [1.82, 2.24) is 4.90 Å². The fourth-order valence-corrected chi connectivity index (χ4v) is 1.02. The Morgan fingerprint density at radius 2 is 2.50 bits per heavy atom. The second-order valence-corrected chi connectivity index (χ2v) is 2.75. The number of rotatable bonds is 0. The van der Waals surface area contributed by atoms with Gasteiger partial charge < -0.3 is 4.90 Å². The summed E-state index contributed by atoms with van der Waals surface area (Å²) in [6, 6.07) is 0. The van der Waals surface area contributed by atoms with Crippen LogP contribution in [0.3, 0.4) is 0 Å². The van der Waals surface area contributed by atoms with Crippen molar-refractivity contribution in [2.24, 2.45) is 4.99 Å². The summed E-state index contributed by atoms with van der Waals surface area (Å²) in [5, 5.41) is 6.81. The minimum atomic E-state index is 0.517. The summed E-state index contributed by atoms with van der Waals surface area (Å²) in [7, 11) is 1.81. The third-order valence-electron chi connectivity index (χ3n) is 1.07. The summed E-state index contributed by atoms with van der Waals surface area (Å²) in [6.45, 7) is 0. The molecule has 0 aliphatic carbocycles. The molecule has 10 heavy (non-hydrogen) atoms.